The number of ether oxygens (including phenoxy) is 1. The van der Waals surface area contributed by atoms with Crippen molar-refractivity contribution in [2.75, 3.05) is 0 Å². The molecule has 0 spiro atoms. The minimum atomic E-state index is -0.586. The Morgan fingerprint density at radius 2 is 1.86 bits per heavy atom. The van der Waals surface area contributed by atoms with E-state index in [-0.39, 0.29) is 18.2 Å². The Morgan fingerprint density at radius 1 is 1.04 bits per heavy atom. The molecule has 0 saturated heterocycles. The molecule has 0 aromatic heterocycles. The second kappa shape index (κ2) is 9.82. The number of aliphatic imine (C=N–C) groups is 2. The topological polar surface area (TPSA) is 66.3 Å². The standard InChI is InChI=1S/C21H19FN4O2/c22-19-9-7-8-17-15-26(16-18(17)19)21(27)28-20-14-24-12-6-5-11-23-10-3-1-2-4-13-25-20/h1-14,25H,15-16H2. The van der Waals surface area contributed by atoms with Crippen LogP contribution in [0.15, 0.2) is 89.1 Å². The number of hydrogen-bond acceptors (Lipinski definition) is 5. The van der Waals surface area contributed by atoms with E-state index in [1.807, 2.05) is 0 Å². The summed E-state index contributed by atoms with van der Waals surface area (Å²) in [5.74, 6) is -0.169. The summed E-state index contributed by atoms with van der Waals surface area (Å²) in [5.41, 5.74) is 1.30. The zero-order chi connectivity index (χ0) is 19.6. The maximum atomic E-state index is 13.9. The van der Waals surface area contributed by atoms with E-state index in [0.29, 0.717) is 12.1 Å². The number of carbonyl (C=O) groups excluding carboxylic acids is 1. The summed E-state index contributed by atoms with van der Waals surface area (Å²) in [4.78, 5) is 22.0. The molecule has 1 aromatic carbocycles. The van der Waals surface area contributed by atoms with Crippen LogP contribution >= 0.6 is 0 Å². The first-order valence-corrected chi connectivity index (χ1v) is 8.64. The average Bonchev–Trinajstić information content (AvgIpc) is 3.12. The van der Waals surface area contributed by atoms with Crippen molar-refractivity contribution in [3.63, 3.8) is 0 Å². The summed E-state index contributed by atoms with van der Waals surface area (Å²) in [6, 6.07) is 4.82. The molecular weight excluding hydrogens is 359 g/mol. The van der Waals surface area contributed by atoms with Crippen molar-refractivity contribution in [3.8, 4) is 0 Å². The lowest BCUT2D eigenvalue weighted by molar-refractivity contribution is 0.123. The molecule has 0 aliphatic carbocycles. The fourth-order valence-electron chi connectivity index (χ4n) is 2.53. The molecule has 0 saturated carbocycles. The van der Waals surface area contributed by atoms with Gasteiger partial charge in [-0.2, -0.15) is 0 Å². The summed E-state index contributed by atoms with van der Waals surface area (Å²) in [6.45, 7) is 0.472. The molecule has 0 bridgehead atoms. The van der Waals surface area contributed by atoms with Crippen molar-refractivity contribution < 1.29 is 13.9 Å². The molecule has 1 N–H and O–H groups in total. The molecule has 0 radical (unpaired) electrons. The van der Waals surface area contributed by atoms with Gasteiger partial charge in [0, 0.05) is 36.9 Å². The molecule has 142 valence electrons. The second-order valence-corrected chi connectivity index (χ2v) is 5.81. The lowest BCUT2D eigenvalue weighted by Gasteiger charge is -2.16. The summed E-state index contributed by atoms with van der Waals surface area (Å²) >= 11 is 0. The number of rotatable bonds is 1. The average molecular weight is 378 g/mol. The molecule has 2 aliphatic rings. The number of amides is 1. The van der Waals surface area contributed by atoms with Gasteiger partial charge in [-0.3, -0.25) is 14.9 Å². The van der Waals surface area contributed by atoms with Crippen LogP contribution in [0.1, 0.15) is 11.1 Å². The minimum absolute atomic E-state index is 0.148. The normalized spacial score (nSPS) is 16.2. The second-order valence-electron chi connectivity index (χ2n) is 5.81. The smallest absolute Gasteiger partial charge is 0.391 e. The quantitative estimate of drug-likeness (QED) is 0.804. The van der Waals surface area contributed by atoms with Gasteiger partial charge >= 0.3 is 6.09 Å². The van der Waals surface area contributed by atoms with Crippen LogP contribution in [0, 0.1) is 5.82 Å². The van der Waals surface area contributed by atoms with Crippen LogP contribution in [-0.4, -0.2) is 23.4 Å². The van der Waals surface area contributed by atoms with E-state index < -0.39 is 6.09 Å². The third-order valence-corrected chi connectivity index (χ3v) is 3.86. The maximum Gasteiger partial charge on any atom is 0.417 e. The number of halogens is 1. The van der Waals surface area contributed by atoms with Crippen LogP contribution in [0.2, 0.25) is 0 Å². The van der Waals surface area contributed by atoms with E-state index in [1.165, 1.54) is 23.4 Å². The van der Waals surface area contributed by atoms with Gasteiger partial charge in [-0.25, -0.2) is 9.18 Å². The Morgan fingerprint density at radius 3 is 2.71 bits per heavy atom. The number of nitrogens with zero attached hydrogens (tertiary/aromatic N) is 3. The van der Waals surface area contributed by atoms with Gasteiger partial charge in [-0.15, -0.1) is 0 Å². The summed E-state index contributed by atoms with van der Waals surface area (Å²) in [7, 11) is 0. The third kappa shape index (κ3) is 5.38. The van der Waals surface area contributed by atoms with Gasteiger partial charge in [-0.1, -0.05) is 24.3 Å². The molecule has 6 nitrogen and oxygen atoms in total. The third-order valence-electron chi connectivity index (χ3n) is 3.86. The van der Waals surface area contributed by atoms with Gasteiger partial charge in [-0.05, 0) is 35.9 Å². The molecule has 0 atom stereocenters. The van der Waals surface area contributed by atoms with E-state index in [2.05, 4.69) is 15.3 Å². The molecular formula is C21H19FN4O2. The predicted molar refractivity (Wildman–Crippen MR) is 107 cm³/mol. The van der Waals surface area contributed by atoms with Crippen molar-refractivity contribution in [2.45, 2.75) is 13.1 Å². The molecule has 7 heteroatoms. The Balaban J connectivity index is 1.69. The minimum Gasteiger partial charge on any atom is -0.391 e. The van der Waals surface area contributed by atoms with Crippen molar-refractivity contribution in [2.24, 2.45) is 9.98 Å². The maximum absolute atomic E-state index is 13.9. The molecule has 1 aromatic rings. The lowest BCUT2D eigenvalue weighted by Crippen LogP contribution is -2.28. The number of nitrogens with one attached hydrogen (secondary N) is 1. The lowest BCUT2D eigenvalue weighted by atomic mass is 10.1. The highest BCUT2D eigenvalue weighted by Gasteiger charge is 2.27. The highest BCUT2D eigenvalue weighted by molar-refractivity contribution is 5.81. The van der Waals surface area contributed by atoms with Crippen molar-refractivity contribution in [1.29, 1.82) is 0 Å². The zero-order valence-corrected chi connectivity index (χ0v) is 15.0. The zero-order valence-electron chi connectivity index (χ0n) is 15.0. The molecule has 1 amide bonds. The molecule has 28 heavy (non-hydrogen) atoms. The Bertz CT molecular complexity index is 926. The van der Waals surface area contributed by atoms with E-state index in [0.717, 1.165) is 5.56 Å². The predicted octanol–water partition coefficient (Wildman–Crippen LogP) is 3.96. The molecule has 0 fully saturated rings. The van der Waals surface area contributed by atoms with Gasteiger partial charge in [0.1, 0.15) is 5.82 Å². The van der Waals surface area contributed by atoms with E-state index in [4.69, 9.17) is 4.74 Å². The van der Waals surface area contributed by atoms with E-state index >= 15 is 0 Å². The number of fused-ring (bicyclic) bond motifs is 1. The summed E-state index contributed by atoms with van der Waals surface area (Å²) in [5, 5.41) is 2.87. The van der Waals surface area contributed by atoms with Crippen LogP contribution in [0.3, 0.4) is 0 Å². The highest BCUT2D eigenvalue weighted by Crippen LogP contribution is 2.25. The van der Waals surface area contributed by atoms with Gasteiger partial charge in [0.25, 0.3) is 0 Å². The monoisotopic (exact) mass is 378 g/mol. The first-order chi connectivity index (χ1) is 13.7. The summed E-state index contributed by atoms with van der Waals surface area (Å²) in [6.07, 6.45) is 17.7. The molecule has 0 unspecified atom stereocenters. The van der Waals surface area contributed by atoms with Crippen LogP contribution in [0.25, 0.3) is 0 Å². The first kappa shape index (κ1) is 19.0. The molecule has 3 rings (SSSR count). The number of hydrogen-bond donors (Lipinski definition) is 1. The Kier molecular flexibility index (Phi) is 6.67. The first-order valence-electron chi connectivity index (χ1n) is 8.64. The van der Waals surface area contributed by atoms with Gasteiger partial charge in [0.15, 0.2) is 0 Å². The fraction of sp³-hybridized carbons (Fsp3) is 0.0952. The fourth-order valence-corrected chi connectivity index (χ4v) is 2.53. The van der Waals surface area contributed by atoms with Crippen LogP contribution in [0.4, 0.5) is 9.18 Å². The van der Waals surface area contributed by atoms with E-state index in [1.54, 1.807) is 67.2 Å². The Hall–Kier alpha value is -3.74. The summed E-state index contributed by atoms with van der Waals surface area (Å²) < 4.78 is 19.3. The van der Waals surface area contributed by atoms with Crippen molar-refractivity contribution >= 4 is 18.5 Å². The molecule has 2 aliphatic heterocycles. The van der Waals surface area contributed by atoms with Crippen LogP contribution in [-0.2, 0) is 17.8 Å². The van der Waals surface area contributed by atoms with Gasteiger partial charge in [0.05, 0.1) is 12.7 Å². The van der Waals surface area contributed by atoms with Crippen LogP contribution in [0.5, 0.6) is 0 Å². The van der Waals surface area contributed by atoms with Crippen LogP contribution < -0.4 is 5.32 Å². The van der Waals surface area contributed by atoms with Gasteiger partial charge in [0.2, 0.25) is 5.88 Å². The number of allylic oxidation sites excluding steroid dienone is 6. The van der Waals surface area contributed by atoms with Gasteiger partial charge < -0.3 is 10.1 Å². The van der Waals surface area contributed by atoms with E-state index in [9.17, 15) is 9.18 Å². The largest absolute Gasteiger partial charge is 0.417 e. The van der Waals surface area contributed by atoms with Crippen molar-refractivity contribution in [1.82, 2.24) is 10.2 Å². The highest BCUT2D eigenvalue weighted by atomic mass is 19.1. The SMILES string of the molecule is O=C(OC1=CN=CC=CC=NC=CC=CC=CN1)N1Cc2cccc(F)c2C1. The number of carbonyl (C=O) groups is 1. The van der Waals surface area contributed by atoms with Crippen molar-refractivity contribution in [3.05, 3.63) is 96.1 Å². The number of benzene rings is 1. The Labute approximate surface area is 162 Å². The molecule has 2 heterocycles.